The van der Waals surface area contributed by atoms with Gasteiger partial charge in [-0.3, -0.25) is 14.4 Å². The maximum Gasteiger partial charge on any atom is 0.310 e. The van der Waals surface area contributed by atoms with E-state index in [1.807, 2.05) is 44.2 Å². The number of hydrogen-bond donors (Lipinski definition) is 1. The molecule has 3 heterocycles. The number of fused-ring (bicyclic) bond motifs is 1. The van der Waals surface area contributed by atoms with E-state index in [-0.39, 0.29) is 42.1 Å². The average Bonchev–Trinajstić information content (AvgIpc) is 3.68. The van der Waals surface area contributed by atoms with E-state index in [1.165, 1.54) is 0 Å². The van der Waals surface area contributed by atoms with E-state index in [0.717, 1.165) is 56.6 Å². The third kappa shape index (κ3) is 6.19. The summed E-state index contributed by atoms with van der Waals surface area (Å²) in [6.45, 7) is 18.0. The monoisotopic (exact) mass is 625 g/mol. The van der Waals surface area contributed by atoms with Crippen LogP contribution >= 0.6 is 11.8 Å². The summed E-state index contributed by atoms with van der Waals surface area (Å²) in [5.41, 5.74) is 1.81. The highest BCUT2D eigenvalue weighted by atomic mass is 32.2. The minimum absolute atomic E-state index is 0.0341. The molecule has 0 aromatic heterocycles. The summed E-state index contributed by atoms with van der Waals surface area (Å²) in [5.74, 6) is -2.03. The number of hydrogen-bond acceptors (Lipinski definition) is 7. The number of esters is 1. The van der Waals surface area contributed by atoms with Crippen molar-refractivity contribution in [1.82, 2.24) is 4.90 Å². The second kappa shape index (κ2) is 15.0. The van der Waals surface area contributed by atoms with Crippen LogP contribution in [-0.2, 0) is 19.1 Å². The maximum absolute atomic E-state index is 14.9. The summed E-state index contributed by atoms with van der Waals surface area (Å²) in [6, 6.07) is 6.61. The predicted octanol–water partition coefficient (Wildman–Crippen LogP) is 5.45. The van der Waals surface area contributed by atoms with Crippen LogP contribution in [0.25, 0.3) is 0 Å². The van der Waals surface area contributed by atoms with Crippen molar-refractivity contribution in [3.05, 3.63) is 49.6 Å². The number of rotatable bonds is 17. The molecule has 0 radical (unpaired) electrons. The summed E-state index contributed by atoms with van der Waals surface area (Å²) < 4.78 is 4.99. The van der Waals surface area contributed by atoms with Gasteiger partial charge in [0.2, 0.25) is 5.91 Å². The molecule has 3 aliphatic heterocycles. The minimum Gasteiger partial charge on any atom is -0.465 e. The first-order chi connectivity index (χ1) is 21.2. The van der Waals surface area contributed by atoms with Crippen molar-refractivity contribution < 1.29 is 24.2 Å². The fourth-order valence-electron chi connectivity index (χ4n) is 7.50. The Morgan fingerprint density at radius 2 is 1.82 bits per heavy atom. The lowest BCUT2D eigenvalue weighted by molar-refractivity contribution is -0.155. The number of benzene rings is 1. The van der Waals surface area contributed by atoms with E-state index in [2.05, 4.69) is 31.9 Å². The van der Waals surface area contributed by atoms with Gasteiger partial charge in [-0.05, 0) is 76.1 Å². The Hall–Kier alpha value is -2.78. The Morgan fingerprint density at radius 1 is 1.14 bits per heavy atom. The highest BCUT2D eigenvalue weighted by Crippen LogP contribution is 2.67. The number of anilines is 2. The van der Waals surface area contributed by atoms with Crippen molar-refractivity contribution >= 4 is 40.9 Å². The van der Waals surface area contributed by atoms with Gasteiger partial charge in [0.1, 0.15) is 6.04 Å². The lowest BCUT2D eigenvalue weighted by Crippen LogP contribution is -2.58. The Labute approximate surface area is 267 Å². The summed E-state index contributed by atoms with van der Waals surface area (Å²) in [6.07, 6.45) is 8.19. The van der Waals surface area contributed by atoms with Gasteiger partial charge in [0.15, 0.2) is 0 Å². The van der Waals surface area contributed by atoms with E-state index in [0.29, 0.717) is 13.0 Å². The second-order valence-electron chi connectivity index (χ2n) is 12.3. The van der Waals surface area contributed by atoms with Gasteiger partial charge in [-0.25, -0.2) is 0 Å². The first-order valence-corrected chi connectivity index (χ1v) is 17.3. The van der Waals surface area contributed by atoms with Crippen LogP contribution in [0.2, 0.25) is 0 Å². The molecule has 1 aromatic carbocycles. The van der Waals surface area contributed by atoms with Crippen LogP contribution in [-0.4, -0.2) is 82.7 Å². The molecule has 0 saturated carbocycles. The van der Waals surface area contributed by atoms with Crippen LogP contribution in [0, 0.1) is 17.8 Å². The van der Waals surface area contributed by atoms with Gasteiger partial charge in [0.25, 0.3) is 5.91 Å². The Bertz CT molecular complexity index is 1190. The maximum atomic E-state index is 14.9. The predicted molar refractivity (Wildman–Crippen MR) is 179 cm³/mol. The molecular weight excluding hydrogens is 574 g/mol. The van der Waals surface area contributed by atoms with Gasteiger partial charge in [0.05, 0.1) is 35.8 Å². The molecule has 3 fully saturated rings. The van der Waals surface area contributed by atoms with Gasteiger partial charge in [0, 0.05) is 36.3 Å². The van der Waals surface area contributed by atoms with Gasteiger partial charge < -0.3 is 24.5 Å². The Kier molecular flexibility index (Phi) is 11.6. The number of allylic oxidation sites excluding steroid dienone is 1. The van der Waals surface area contributed by atoms with Gasteiger partial charge >= 0.3 is 5.97 Å². The third-order valence-corrected chi connectivity index (χ3v) is 12.0. The highest BCUT2D eigenvalue weighted by molar-refractivity contribution is 8.02. The molecule has 2 unspecified atom stereocenters. The van der Waals surface area contributed by atoms with E-state index in [1.54, 1.807) is 27.6 Å². The van der Waals surface area contributed by atoms with Crippen molar-refractivity contribution in [2.75, 3.05) is 42.6 Å². The number of aliphatic hydroxyl groups is 1. The highest BCUT2D eigenvalue weighted by Gasteiger charge is 2.75. The normalized spacial score (nSPS) is 26.7. The number of aliphatic hydroxyl groups excluding tert-OH is 1. The number of carbonyl (C=O) groups excluding carboxylic acids is 3. The molecule has 1 N–H and O–H groups in total. The van der Waals surface area contributed by atoms with E-state index in [4.69, 9.17) is 4.74 Å². The van der Waals surface area contributed by atoms with Crippen LogP contribution in [0.1, 0.15) is 66.2 Å². The smallest absolute Gasteiger partial charge is 0.310 e. The van der Waals surface area contributed by atoms with Crippen LogP contribution in [0.5, 0.6) is 0 Å². The summed E-state index contributed by atoms with van der Waals surface area (Å²) >= 11 is 1.63. The topological polar surface area (TPSA) is 90.4 Å². The number of carbonyl (C=O) groups is 3. The molecule has 2 amide bonds. The molecule has 1 spiro atoms. The standard InChI is InChI=1S/C35H51N3O5S/c1-7-12-13-14-22-43-34(42)29-28-19-20-35(44-28)30(29)32(40)38(27(23-39)24(6)9-3)31(35)33(41)37(21-8-2)26-17-15-25(16-18-26)36(10-4)11-5/h7-8,15-18,24,27-31,39H,1-2,9-14,19-23H2,3-6H3/t24-,27-,28+,29-,30-,31?,35?/m0/s1. The number of likely N-dealkylation sites (tertiary alicyclic amines) is 1. The third-order valence-electron chi connectivity index (χ3n) is 10.0. The minimum atomic E-state index is -0.811. The summed E-state index contributed by atoms with van der Waals surface area (Å²) in [5, 5.41) is 10.6. The van der Waals surface area contributed by atoms with Crippen molar-refractivity contribution in [2.45, 2.75) is 88.3 Å². The average molecular weight is 626 g/mol. The molecule has 9 heteroatoms. The summed E-state index contributed by atoms with van der Waals surface area (Å²) in [7, 11) is 0. The number of thioether (sulfide) groups is 1. The summed E-state index contributed by atoms with van der Waals surface area (Å²) in [4.78, 5) is 48.6. The van der Waals surface area contributed by atoms with Gasteiger partial charge in [-0.15, -0.1) is 24.9 Å². The first kappa shape index (κ1) is 34.1. The van der Waals surface area contributed by atoms with Crippen molar-refractivity contribution in [1.29, 1.82) is 0 Å². The number of amides is 2. The van der Waals surface area contributed by atoms with Crippen LogP contribution in [0.3, 0.4) is 0 Å². The molecule has 7 atom stereocenters. The zero-order chi connectivity index (χ0) is 32.0. The number of unbranched alkanes of at least 4 members (excludes halogenated alkanes) is 2. The first-order valence-electron chi connectivity index (χ1n) is 16.4. The van der Waals surface area contributed by atoms with Crippen molar-refractivity contribution in [2.24, 2.45) is 17.8 Å². The largest absolute Gasteiger partial charge is 0.465 e. The Balaban J connectivity index is 1.72. The van der Waals surface area contributed by atoms with Crippen molar-refractivity contribution in [3.8, 4) is 0 Å². The second-order valence-corrected chi connectivity index (χ2v) is 13.9. The lowest BCUT2D eigenvalue weighted by Gasteiger charge is -2.41. The number of ether oxygens (including phenoxy) is 1. The van der Waals surface area contributed by atoms with Crippen LogP contribution < -0.4 is 9.80 Å². The molecule has 3 aliphatic rings. The molecule has 0 aliphatic carbocycles. The van der Waals surface area contributed by atoms with Gasteiger partial charge in [-0.1, -0.05) is 32.4 Å². The van der Waals surface area contributed by atoms with E-state index in [9.17, 15) is 19.5 Å². The van der Waals surface area contributed by atoms with Gasteiger partial charge in [-0.2, -0.15) is 0 Å². The fourth-order valence-corrected chi connectivity index (χ4v) is 9.69. The zero-order valence-corrected chi connectivity index (χ0v) is 27.8. The lowest BCUT2D eigenvalue weighted by atomic mass is 9.71. The van der Waals surface area contributed by atoms with E-state index >= 15 is 0 Å². The SMILES string of the molecule is C=CCCCCOC(=O)[C@@H]1[C@H]2C(=O)N([C@@H](CO)[C@@H](C)CC)C(C(=O)N(CC=C)c3ccc(N(CC)CC)cc3)C23CC[C@H]1S3. The molecule has 3 saturated heterocycles. The number of nitrogens with zero attached hydrogens (tertiary/aromatic N) is 3. The zero-order valence-electron chi connectivity index (χ0n) is 27.0. The molecule has 242 valence electrons. The van der Waals surface area contributed by atoms with Crippen molar-refractivity contribution in [3.63, 3.8) is 0 Å². The van der Waals surface area contributed by atoms with Crippen LogP contribution in [0.4, 0.5) is 11.4 Å². The molecular formula is C35H51N3O5S. The molecule has 1 aromatic rings. The molecule has 8 nitrogen and oxygen atoms in total. The van der Waals surface area contributed by atoms with E-state index < -0.39 is 28.7 Å². The quantitative estimate of drug-likeness (QED) is 0.140. The fraction of sp³-hybridized carbons (Fsp3) is 0.629. The van der Waals surface area contributed by atoms with Crippen LogP contribution in [0.15, 0.2) is 49.6 Å². The molecule has 44 heavy (non-hydrogen) atoms. The molecule has 4 rings (SSSR count). The Morgan fingerprint density at radius 3 is 2.41 bits per heavy atom. The molecule has 2 bridgehead atoms.